The van der Waals surface area contributed by atoms with Gasteiger partial charge in [0.25, 0.3) is 0 Å². The van der Waals surface area contributed by atoms with Crippen molar-refractivity contribution in [2.45, 2.75) is 32.8 Å². The molecule has 0 saturated carbocycles. The number of halogens is 2. The summed E-state index contributed by atoms with van der Waals surface area (Å²) in [6.45, 7) is 5.07. The van der Waals surface area contributed by atoms with Gasteiger partial charge in [-0.15, -0.1) is 0 Å². The Labute approximate surface area is 127 Å². The van der Waals surface area contributed by atoms with Crippen molar-refractivity contribution in [2.24, 2.45) is 11.7 Å². The van der Waals surface area contributed by atoms with E-state index in [0.29, 0.717) is 5.56 Å². The van der Waals surface area contributed by atoms with Gasteiger partial charge >= 0.3 is 6.09 Å². The molecular weight excluding hydrogens is 294 g/mol. The number of rotatable bonds is 5. The molecule has 5 nitrogen and oxygen atoms in total. The molecule has 0 bridgehead atoms. The van der Waals surface area contributed by atoms with Gasteiger partial charge in [0.2, 0.25) is 5.91 Å². The highest BCUT2D eigenvalue weighted by Crippen LogP contribution is 2.13. The molecule has 1 rings (SSSR count). The van der Waals surface area contributed by atoms with Gasteiger partial charge in [-0.1, -0.05) is 6.07 Å². The lowest BCUT2D eigenvalue weighted by Crippen LogP contribution is -2.39. The van der Waals surface area contributed by atoms with Gasteiger partial charge in [-0.25, -0.2) is 13.6 Å². The van der Waals surface area contributed by atoms with Crippen molar-refractivity contribution in [3.63, 3.8) is 0 Å². The van der Waals surface area contributed by atoms with Crippen molar-refractivity contribution in [1.29, 1.82) is 0 Å². The molecule has 0 aliphatic carbocycles. The number of carbonyl (C=O) groups is 2. The molecular formula is C15H20F2N2O3. The summed E-state index contributed by atoms with van der Waals surface area (Å²) in [5.41, 5.74) is 5.02. The second-order valence-electron chi connectivity index (χ2n) is 5.93. The van der Waals surface area contributed by atoms with Crippen molar-refractivity contribution < 1.29 is 23.1 Å². The molecule has 0 radical (unpaired) electrons. The summed E-state index contributed by atoms with van der Waals surface area (Å²) in [7, 11) is 0. The van der Waals surface area contributed by atoms with Gasteiger partial charge in [0.05, 0.1) is 5.92 Å². The summed E-state index contributed by atoms with van der Waals surface area (Å²) >= 11 is 0. The molecule has 0 saturated heterocycles. The molecule has 22 heavy (non-hydrogen) atoms. The summed E-state index contributed by atoms with van der Waals surface area (Å²) in [6.07, 6.45) is -0.591. The normalized spacial score (nSPS) is 12.6. The van der Waals surface area contributed by atoms with E-state index in [1.807, 2.05) is 0 Å². The lowest BCUT2D eigenvalue weighted by Gasteiger charge is -2.21. The maximum absolute atomic E-state index is 13.1. The molecule has 122 valence electrons. The van der Waals surface area contributed by atoms with E-state index < -0.39 is 35.2 Å². The van der Waals surface area contributed by atoms with Gasteiger partial charge in [-0.05, 0) is 44.9 Å². The summed E-state index contributed by atoms with van der Waals surface area (Å²) in [5.74, 6) is -3.37. The molecule has 1 atom stereocenters. The zero-order chi connectivity index (χ0) is 16.9. The number of carbonyl (C=O) groups excluding carboxylic acids is 2. The molecule has 0 aliphatic rings. The SMILES string of the molecule is CC(C)(C)OC(=O)NC[C@@H](Cc1ccc(F)c(F)c1)C(N)=O. The van der Waals surface area contributed by atoms with Crippen LogP contribution in [-0.4, -0.2) is 24.1 Å². The molecule has 0 heterocycles. The van der Waals surface area contributed by atoms with E-state index in [1.165, 1.54) is 6.07 Å². The fourth-order valence-corrected chi connectivity index (χ4v) is 1.75. The smallest absolute Gasteiger partial charge is 0.407 e. The number of nitrogens with two attached hydrogens (primary N) is 1. The predicted octanol–water partition coefficient (Wildman–Crippen LogP) is 2.13. The Morgan fingerprint density at radius 3 is 2.41 bits per heavy atom. The third-order valence-corrected chi connectivity index (χ3v) is 2.76. The Balaban J connectivity index is 2.64. The van der Waals surface area contributed by atoms with Crippen LogP contribution in [0, 0.1) is 17.6 Å². The number of hydrogen-bond donors (Lipinski definition) is 2. The second kappa shape index (κ2) is 7.20. The molecule has 0 fully saturated rings. The van der Waals surface area contributed by atoms with Crippen LogP contribution in [0.15, 0.2) is 18.2 Å². The van der Waals surface area contributed by atoms with Crippen LogP contribution in [0.3, 0.4) is 0 Å². The average molecular weight is 314 g/mol. The van der Waals surface area contributed by atoms with Gasteiger partial charge in [0, 0.05) is 6.54 Å². The van der Waals surface area contributed by atoms with E-state index in [0.717, 1.165) is 12.1 Å². The molecule has 1 aromatic rings. The zero-order valence-corrected chi connectivity index (χ0v) is 12.8. The fraction of sp³-hybridized carbons (Fsp3) is 0.467. The quantitative estimate of drug-likeness (QED) is 0.873. The number of nitrogens with one attached hydrogen (secondary N) is 1. The van der Waals surface area contributed by atoms with Crippen LogP contribution >= 0.6 is 0 Å². The number of benzene rings is 1. The standard InChI is InChI=1S/C15H20F2N2O3/c1-15(2,3)22-14(21)19-8-10(13(18)20)6-9-4-5-11(16)12(17)7-9/h4-5,7,10H,6,8H2,1-3H3,(H2,18,20)(H,19,21)/t10-/m1/s1. The summed E-state index contributed by atoms with van der Waals surface area (Å²) in [4.78, 5) is 23.0. The Morgan fingerprint density at radius 2 is 1.91 bits per heavy atom. The van der Waals surface area contributed by atoms with Crippen LogP contribution in [-0.2, 0) is 16.0 Å². The summed E-state index contributed by atoms with van der Waals surface area (Å²) in [5, 5.41) is 2.44. The Hall–Kier alpha value is -2.18. The van der Waals surface area contributed by atoms with E-state index in [-0.39, 0.29) is 13.0 Å². The van der Waals surface area contributed by atoms with Gasteiger partial charge in [-0.2, -0.15) is 0 Å². The largest absolute Gasteiger partial charge is 0.444 e. The van der Waals surface area contributed by atoms with Crippen molar-refractivity contribution in [2.75, 3.05) is 6.54 Å². The van der Waals surface area contributed by atoms with Crippen LogP contribution in [0.2, 0.25) is 0 Å². The first kappa shape index (κ1) is 17.9. The van der Waals surface area contributed by atoms with E-state index in [4.69, 9.17) is 10.5 Å². The summed E-state index contributed by atoms with van der Waals surface area (Å²) < 4.78 is 31.1. The molecule has 1 aromatic carbocycles. The lowest BCUT2D eigenvalue weighted by atomic mass is 9.98. The number of primary amides is 1. The van der Waals surface area contributed by atoms with E-state index in [2.05, 4.69) is 5.32 Å². The molecule has 2 amide bonds. The van der Waals surface area contributed by atoms with Gasteiger partial charge in [-0.3, -0.25) is 4.79 Å². The minimum absolute atomic E-state index is 0.0523. The zero-order valence-electron chi connectivity index (χ0n) is 12.8. The topological polar surface area (TPSA) is 81.4 Å². The van der Waals surface area contributed by atoms with E-state index in [1.54, 1.807) is 20.8 Å². The van der Waals surface area contributed by atoms with Crippen LogP contribution < -0.4 is 11.1 Å². The van der Waals surface area contributed by atoms with Crippen LogP contribution in [0.4, 0.5) is 13.6 Å². The lowest BCUT2D eigenvalue weighted by molar-refractivity contribution is -0.121. The highest BCUT2D eigenvalue weighted by Gasteiger charge is 2.21. The molecule has 0 unspecified atom stereocenters. The maximum atomic E-state index is 13.1. The van der Waals surface area contributed by atoms with Crippen LogP contribution in [0.25, 0.3) is 0 Å². The van der Waals surface area contributed by atoms with Crippen molar-refractivity contribution >= 4 is 12.0 Å². The second-order valence-corrected chi connectivity index (χ2v) is 5.93. The molecule has 7 heteroatoms. The van der Waals surface area contributed by atoms with Gasteiger partial charge in [0.1, 0.15) is 5.60 Å². The van der Waals surface area contributed by atoms with Crippen molar-refractivity contribution in [3.8, 4) is 0 Å². The molecule has 0 aromatic heterocycles. The first-order valence-electron chi connectivity index (χ1n) is 6.78. The highest BCUT2D eigenvalue weighted by atomic mass is 19.2. The molecule has 0 aliphatic heterocycles. The monoisotopic (exact) mass is 314 g/mol. The predicted molar refractivity (Wildman–Crippen MR) is 77.0 cm³/mol. The van der Waals surface area contributed by atoms with Gasteiger partial charge < -0.3 is 15.8 Å². The molecule has 0 spiro atoms. The number of ether oxygens (including phenoxy) is 1. The van der Waals surface area contributed by atoms with Crippen molar-refractivity contribution in [3.05, 3.63) is 35.4 Å². The third-order valence-electron chi connectivity index (χ3n) is 2.76. The van der Waals surface area contributed by atoms with Crippen LogP contribution in [0.1, 0.15) is 26.3 Å². The summed E-state index contributed by atoms with van der Waals surface area (Å²) in [6, 6.07) is 3.34. The first-order chi connectivity index (χ1) is 10.1. The average Bonchev–Trinajstić information content (AvgIpc) is 2.36. The number of hydrogen-bond acceptors (Lipinski definition) is 3. The van der Waals surface area contributed by atoms with E-state index in [9.17, 15) is 18.4 Å². The van der Waals surface area contributed by atoms with Gasteiger partial charge in [0.15, 0.2) is 11.6 Å². The Bertz CT molecular complexity index is 556. The minimum atomic E-state index is -0.999. The highest BCUT2D eigenvalue weighted by molar-refractivity contribution is 5.78. The molecule has 3 N–H and O–H groups in total. The van der Waals surface area contributed by atoms with Crippen molar-refractivity contribution in [1.82, 2.24) is 5.32 Å². The first-order valence-corrected chi connectivity index (χ1v) is 6.78. The van der Waals surface area contributed by atoms with E-state index >= 15 is 0 Å². The Morgan fingerprint density at radius 1 is 1.27 bits per heavy atom. The van der Waals surface area contributed by atoms with Crippen LogP contribution in [0.5, 0.6) is 0 Å². The minimum Gasteiger partial charge on any atom is -0.444 e. The third kappa shape index (κ3) is 6.07. The fourth-order valence-electron chi connectivity index (χ4n) is 1.75. The Kier molecular flexibility index (Phi) is 5.84. The number of amides is 2. The number of alkyl carbamates (subject to hydrolysis) is 1. The maximum Gasteiger partial charge on any atom is 0.407 e.